The summed E-state index contributed by atoms with van der Waals surface area (Å²) in [4.78, 5) is 17.0. The maximum atomic E-state index is 12.4. The van der Waals surface area contributed by atoms with E-state index in [1.807, 2.05) is 31.2 Å². The standard InChI is InChI=1S/C15H10Cl2N2OS/c1-8-4-2-7-11(18-8)19-15(20)14-13(17)12-9(16)5-3-6-10(12)21-14/h2-7H,1H3,(H,18,19,20). The van der Waals surface area contributed by atoms with E-state index in [0.29, 0.717) is 26.1 Å². The molecule has 0 aliphatic heterocycles. The first-order chi connectivity index (χ1) is 10.1. The van der Waals surface area contributed by atoms with Crippen LogP contribution < -0.4 is 5.32 Å². The molecule has 2 heterocycles. The number of anilines is 1. The van der Waals surface area contributed by atoms with Crippen LogP contribution in [0.4, 0.5) is 5.82 Å². The number of aromatic nitrogens is 1. The first kappa shape index (κ1) is 14.3. The fraction of sp³-hybridized carbons (Fsp3) is 0.0667. The fourth-order valence-electron chi connectivity index (χ4n) is 2.00. The van der Waals surface area contributed by atoms with Gasteiger partial charge in [0.25, 0.3) is 5.91 Å². The molecule has 0 saturated carbocycles. The lowest BCUT2D eigenvalue weighted by Crippen LogP contribution is -2.12. The van der Waals surface area contributed by atoms with Crippen LogP contribution in [0, 0.1) is 6.92 Å². The van der Waals surface area contributed by atoms with E-state index in [2.05, 4.69) is 10.3 Å². The first-order valence-electron chi connectivity index (χ1n) is 6.18. The average molecular weight is 337 g/mol. The molecule has 3 aromatic rings. The average Bonchev–Trinajstić information content (AvgIpc) is 2.77. The number of hydrogen-bond donors (Lipinski definition) is 1. The maximum Gasteiger partial charge on any atom is 0.268 e. The lowest BCUT2D eigenvalue weighted by Gasteiger charge is -2.03. The topological polar surface area (TPSA) is 42.0 Å². The molecule has 0 spiro atoms. The Kier molecular flexibility index (Phi) is 3.85. The molecule has 6 heteroatoms. The number of halogens is 2. The monoisotopic (exact) mass is 336 g/mol. The van der Waals surface area contributed by atoms with Crippen LogP contribution in [0.15, 0.2) is 36.4 Å². The third-order valence-electron chi connectivity index (χ3n) is 2.94. The molecule has 0 radical (unpaired) electrons. The van der Waals surface area contributed by atoms with Gasteiger partial charge in [-0.1, -0.05) is 35.3 Å². The number of fused-ring (bicyclic) bond motifs is 1. The Morgan fingerprint density at radius 2 is 1.95 bits per heavy atom. The molecule has 0 saturated heterocycles. The van der Waals surface area contributed by atoms with Crippen LogP contribution in [0.1, 0.15) is 15.4 Å². The quantitative estimate of drug-likeness (QED) is 0.701. The summed E-state index contributed by atoms with van der Waals surface area (Å²) < 4.78 is 0.884. The van der Waals surface area contributed by atoms with Crippen molar-refractivity contribution < 1.29 is 4.79 Å². The number of pyridine rings is 1. The number of nitrogens with one attached hydrogen (secondary N) is 1. The highest BCUT2D eigenvalue weighted by molar-refractivity contribution is 7.21. The van der Waals surface area contributed by atoms with E-state index in [4.69, 9.17) is 23.2 Å². The third kappa shape index (κ3) is 2.75. The SMILES string of the molecule is Cc1cccc(NC(=O)c2sc3cccc(Cl)c3c2Cl)n1. The lowest BCUT2D eigenvalue weighted by molar-refractivity contribution is 0.103. The van der Waals surface area contributed by atoms with Crippen molar-refractivity contribution in [1.82, 2.24) is 4.98 Å². The Balaban J connectivity index is 1.99. The van der Waals surface area contributed by atoms with E-state index in [9.17, 15) is 4.79 Å². The number of benzene rings is 1. The summed E-state index contributed by atoms with van der Waals surface area (Å²) in [5, 5.41) is 4.39. The van der Waals surface area contributed by atoms with E-state index < -0.39 is 0 Å². The van der Waals surface area contributed by atoms with Gasteiger partial charge in [-0.2, -0.15) is 0 Å². The predicted octanol–water partition coefficient (Wildman–Crippen LogP) is 5.16. The summed E-state index contributed by atoms with van der Waals surface area (Å²) in [7, 11) is 0. The first-order valence-corrected chi connectivity index (χ1v) is 7.75. The zero-order valence-electron chi connectivity index (χ0n) is 11.0. The van der Waals surface area contributed by atoms with E-state index >= 15 is 0 Å². The van der Waals surface area contributed by atoms with Crippen molar-refractivity contribution in [1.29, 1.82) is 0 Å². The Morgan fingerprint density at radius 1 is 1.19 bits per heavy atom. The minimum absolute atomic E-state index is 0.282. The van der Waals surface area contributed by atoms with Crippen molar-refractivity contribution in [3.8, 4) is 0 Å². The lowest BCUT2D eigenvalue weighted by atomic mass is 10.2. The van der Waals surface area contributed by atoms with E-state index in [1.54, 1.807) is 12.1 Å². The summed E-state index contributed by atoms with van der Waals surface area (Å²) in [6.45, 7) is 1.86. The van der Waals surface area contributed by atoms with Gasteiger partial charge in [-0.15, -0.1) is 11.3 Å². The van der Waals surface area contributed by atoms with Crippen LogP contribution in [0.2, 0.25) is 10.0 Å². The molecule has 0 fully saturated rings. The van der Waals surface area contributed by atoms with Crippen molar-refractivity contribution in [3.05, 3.63) is 57.0 Å². The van der Waals surface area contributed by atoms with Gasteiger partial charge in [-0.05, 0) is 31.2 Å². The molecule has 1 amide bonds. The molecule has 0 aliphatic carbocycles. The van der Waals surface area contributed by atoms with Gasteiger partial charge >= 0.3 is 0 Å². The molecule has 0 aliphatic rings. The van der Waals surface area contributed by atoms with E-state index in [0.717, 1.165) is 10.4 Å². The van der Waals surface area contributed by atoms with Crippen LogP contribution >= 0.6 is 34.5 Å². The molecule has 0 bridgehead atoms. The predicted molar refractivity (Wildman–Crippen MR) is 88.8 cm³/mol. The number of amides is 1. The molecule has 0 unspecified atom stereocenters. The van der Waals surface area contributed by atoms with Crippen molar-refractivity contribution in [3.63, 3.8) is 0 Å². The molecular weight excluding hydrogens is 327 g/mol. The fourth-order valence-corrected chi connectivity index (χ4v) is 3.85. The molecule has 3 nitrogen and oxygen atoms in total. The molecule has 1 aromatic carbocycles. The molecule has 2 aromatic heterocycles. The van der Waals surface area contributed by atoms with Gasteiger partial charge in [0, 0.05) is 15.8 Å². The Labute approximate surface area is 135 Å². The number of aryl methyl sites for hydroxylation is 1. The zero-order valence-corrected chi connectivity index (χ0v) is 13.3. The molecular formula is C15H10Cl2N2OS. The van der Waals surface area contributed by atoms with Crippen LogP contribution in [0.5, 0.6) is 0 Å². The van der Waals surface area contributed by atoms with Crippen molar-refractivity contribution in [2.24, 2.45) is 0 Å². The highest BCUT2D eigenvalue weighted by Gasteiger charge is 2.19. The van der Waals surface area contributed by atoms with Crippen molar-refractivity contribution in [2.45, 2.75) is 6.92 Å². The second-order valence-electron chi connectivity index (χ2n) is 4.48. The number of thiophene rings is 1. The van der Waals surface area contributed by atoms with Crippen LogP contribution in [-0.4, -0.2) is 10.9 Å². The van der Waals surface area contributed by atoms with Crippen LogP contribution in [0.25, 0.3) is 10.1 Å². The van der Waals surface area contributed by atoms with Gasteiger partial charge in [0.05, 0.1) is 10.0 Å². The minimum atomic E-state index is -0.282. The minimum Gasteiger partial charge on any atom is -0.306 e. The van der Waals surface area contributed by atoms with Gasteiger partial charge < -0.3 is 5.32 Å². The second kappa shape index (κ2) is 5.64. The van der Waals surface area contributed by atoms with E-state index in [-0.39, 0.29) is 5.91 Å². The molecule has 0 atom stereocenters. The summed E-state index contributed by atoms with van der Waals surface area (Å²) in [6, 6.07) is 10.9. The van der Waals surface area contributed by atoms with E-state index in [1.165, 1.54) is 11.3 Å². The van der Waals surface area contributed by atoms with Gasteiger partial charge in [-0.25, -0.2) is 4.98 Å². The number of carbonyl (C=O) groups excluding carboxylic acids is 1. The molecule has 106 valence electrons. The second-order valence-corrected chi connectivity index (χ2v) is 6.31. The Bertz CT molecular complexity index is 845. The summed E-state index contributed by atoms with van der Waals surface area (Å²) in [6.07, 6.45) is 0. The van der Waals surface area contributed by atoms with Gasteiger partial charge in [-0.3, -0.25) is 4.79 Å². The maximum absolute atomic E-state index is 12.4. The number of carbonyl (C=O) groups is 1. The number of nitrogens with zero attached hydrogens (tertiary/aromatic N) is 1. The summed E-state index contributed by atoms with van der Waals surface area (Å²) >= 11 is 13.8. The Morgan fingerprint density at radius 3 is 2.67 bits per heavy atom. The van der Waals surface area contributed by atoms with Crippen LogP contribution in [0.3, 0.4) is 0 Å². The number of hydrogen-bond acceptors (Lipinski definition) is 3. The van der Waals surface area contributed by atoms with Gasteiger partial charge in [0.2, 0.25) is 0 Å². The number of rotatable bonds is 2. The largest absolute Gasteiger partial charge is 0.306 e. The summed E-state index contributed by atoms with van der Waals surface area (Å²) in [5.74, 6) is 0.218. The molecule has 21 heavy (non-hydrogen) atoms. The van der Waals surface area contributed by atoms with Crippen molar-refractivity contribution >= 4 is 56.3 Å². The third-order valence-corrected chi connectivity index (χ3v) is 4.90. The smallest absolute Gasteiger partial charge is 0.268 e. The van der Waals surface area contributed by atoms with Crippen LogP contribution in [-0.2, 0) is 0 Å². The molecule has 3 rings (SSSR count). The van der Waals surface area contributed by atoms with Crippen molar-refractivity contribution in [2.75, 3.05) is 5.32 Å². The van der Waals surface area contributed by atoms with Gasteiger partial charge in [0.15, 0.2) is 0 Å². The zero-order chi connectivity index (χ0) is 15.0. The highest BCUT2D eigenvalue weighted by atomic mass is 35.5. The van der Waals surface area contributed by atoms with Gasteiger partial charge in [0.1, 0.15) is 10.7 Å². The normalized spacial score (nSPS) is 10.8. The summed E-state index contributed by atoms with van der Waals surface area (Å²) in [5.41, 5.74) is 0.832. The highest BCUT2D eigenvalue weighted by Crippen LogP contribution is 2.39. The molecule has 1 N–H and O–H groups in total. The Hall–Kier alpha value is -1.62.